The van der Waals surface area contributed by atoms with Crippen LogP contribution >= 0.6 is 0 Å². The van der Waals surface area contributed by atoms with Crippen LogP contribution in [0.1, 0.15) is 4.28 Å². The monoisotopic (exact) mass is 376 g/mol. The fourth-order valence-electron chi connectivity index (χ4n) is 1.45. The summed E-state index contributed by atoms with van der Waals surface area (Å²) >= 11 is 0. The van der Waals surface area contributed by atoms with Crippen molar-refractivity contribution in [2.24, 2.45) is 0 Å². The molecule has 0 aliphatic rings. The number of hydrogen-bond acceptors (Lipinski definition) is 9. The Labute approximate surface area is 186 Å². The number of carboxylic acids is 4. The Balaban J connectivity index is -0.0000000860. The molecule has 0 heterocycles. The van der Waals surface area contributed by atoms with Crippen LogP contribution in [0.15, 0.2) is 0 Å². The summed E-state index contributed by atoms with van der Waals surface area (Å²) in [5.74, 6) is -5.82. The molecule has 14 heteroatoms. The van der Waals surface area contributed by atoms with E-state index in [2.05, 4.69) is 0 Å². The van der Waals surface area contributed by atoms with Gasteiger partial charge in [0.2, 0.25) is 0 Å². The fraction of sp³-hybridized carbons (Fsp3) is 0.600. The molecule has 0 aliphatic heterocycles. The van der Waals surface area contributed by atoms with E-state index >= 15 is 0 Å². The minimum atomic E-state index is -1.52. The van der Waals surface area contributed by atoms with E-state index in [0.29, 0.717) is 0 Å². The van der Waals surface area contributed by atoms with Crippen LogP contribution < -0.4 is 15.3 Å². The zero-order chi connectivity index (χ0) is 15.7. The van der Waals surface area contributed by atoms with Crippen molar-refractivity contribution in [3.8, 4) is 0 Å². The predicted molar refractivity (Wildman–Crippen MR) is 80.4 cm³/mol. The van der Waals surface area contributed by atoms with Gasteiger partial charge in [-0.05, 0) is 0 Å². The van der Waals surface area contributed by atoms with Crippen LogP contribution in [0, 0.1) is 0 Å². The Morgan fingerprint density at radius 3 is 1.17 bits per heavy atom. The van der Waals surface area contributed by atoms with E-state index in [1.54, 1.807) is 0 Å². The first-order valence-corrected chi connectivity index (χ1v) is 5.46. The minimum absolute atomic E-state index is 0. The van der Waals surface area contributed by atoms with E-state index in [4.69, 9.17) is 5.11 Å². The van der Waals surface area contributed by atoms with Crippen LogP contribution in [0.2, 0.25) is 0 Å². The standard InChI is InChI=1S/C10H16N2O8.2Na.2H2O.2H/c13-7(14)3-11(4-8(15)16)1-2-12(5-9(17)18)6-10(19)20;;;;;;/h1-6H2,(H,13,14)(H,15,16)(H,17,18)(H,19,20);;;2*1H2;;. The normalized spacial score (nSPS) is 8.92. The molecule has 0 saturated carbocycles. The van der Waals surface area contributed by atoms with Crippen molar-refractivity contribution in [1.82, 2.24) is 9.80 Å². The van der Waals surface area contributed by atoms with Crippen LogP contribution in [0.3, 0.4) is 0 Å². The van der Waals surface area contributed by atoms with E-state index in [9.17, 15) is 34.5 Å². The SMILES string of the molecule is O.O.O=C([O-])CN(CCN(CC(=O)[O-])CC(=O)O)CC(=O)[O-].[H+].[H+].[H+].[NaH].[NaH]. The molecule has 0 fully saturated rings. The third-order valence-electron chi connectivity index (χ3n) is 2.15. The van der Waals surface area contributed by atoms with Crippen molar-refractivity contribution in [3.05, 3.63) is 0 Å². The zero-order valence-corrected chi connectivity index (χ0v) is 11.4. The van der Waals surface area contributed by atoms with Gasteiger partial charge in [0, 0.05) is 32.7 Å². The second-order valence-corrected chi connectivity index (χ2v) is 3.93. The zero-order valence-electron chi connectivity index (χ0n) is 14.4. The van der Waals surface area contributed by atoms with Crippen LogP contribution in [0.25, 0.3) is 0 Å². The number of carbonyl (C=O) groups excluding carboxylic acids is 3. The maximum absolute atomic E-state index is 10.5. The van der Waals surface area contributed by atoms with Gasteiger partial charge in [0.25, 0.3) is 0 Å². The third kappa shape index (κ3) is 21.7. The molecule has 0 unspecified atom stereocenters. The van der Waals surface area contributed by atoms with Crippen molar-refractivity contribution in [2.75, 3.05) is 39.3 Å². The van der Waals surface area contributed by atoms with E-state index in [-0.39, 0.29) is 87.4 Å². The Hall–Kier alpha value is -0.280. The third-order valence-corrected chi connectivity index (χ3v) is 2.15. The molecule has 0 aliphatic carbocycles. The van der Waals surface area contributed by atoms with Gasteiger partial charge in [-0.3, -0.25) is 14.6 Å². The van der Waals surface area contributed by atoms with Gasteiger partial charge in [-0.1, -0.05) is 0 Å². The molecule has 0 aromatic heterocycles. The molecule has 0 bridgehead atoms. The van der Waals surface area contributed by atoms with Crippen LogP contribution in [0.4, 0.5) is 0 Å². The number of carbonyl (C=O) groups is 4. The number of hydrogen-bond donors (Lipinski definition) is 1. The van der Waals surface area contributed by atoms with E-state index < -0.39 is 50.1 Å². The molecule has 0 radical (unpaired) electrons. The first-order valence-electron chi connectivity index (χ1n) is 5.46. The molecule has 0 atom stereocenters. The molecule has 12 nitrogen and oxygen atoms in total. The Bertz CT molecular complexity index is 341. The van der Waals surface area contributed by atoms with Gasteiger partial charge in [-0.15, -0.1) is 0 Å². The number of carboxylic acid groups (broad SMARTS) is 4. The Kier molecular flexibility index (Phi) is 27.7. The molecule has 0 aromatic rings. The first-order chi connectivity index (χ1) is 9.20. The summed E-state index contributed by atoms with van der Waals surface area (Å²) in [5, 5.41) is 39.8. The summed E-state index contributed by atoms with van der Waals surface area (Å²) in [7, 11) is 0. The van der Waals surface area contributed by atoms with E-state index in [1.165, 1.54) is 0 Å². The molecule has 0 amide bonds. The van der Waals surface area contributed by atoms with Gasteiger partial charge in [0.05, 0.1) is 24.5 Å². The van der Waals surface area contributed by atoms with E-state index in [0.717, 1.165) is 9.80 Å². The molecule has 0 rings (SSSR count). The van der Waals surface area contributed by atoms with Crippen molar-refractivity contribution in [3.63, 3.8) is 0 Å². The van der Waals surface area contributed by atoms with Crippen LogP contribution in [-0.2, 0) is 19.2 Å². The Morgan fingerprint density at radius 2 is 0.958 bits per heavy atom. The number of nitrogens with zero attached hydrogens (tertiary/aromatic N) is 2. The van der Waals surface area contributed by atoms with Crippen LogP contribution in [-0.4, -0.2) is 148 Å². The topological polar surface area (TPSA) is 227 Å². The van der Waals surface area contributed by atoms with Crippen molar-refractivity contribution in [2.45, 2.75) is 0 Å². The molecule has 0 saturated heterocycles. The van der Waals surface area contributed by atoms with Gasteiger partial charge in [0.1, 0.15) is 0 Å². The molecular formula is C10H22N2Na2O10. The number of rotatable bonds is 11. The van der Waals surface area contributed by atoms with Crippen molar-refractivity contribution in [1.29, 1.82) is 0 Å². The van der Waals surface area contributed by atoms with Gasteiger partial charge in [-0.25, -0.2) is 0 Å². The van der Waals surface area contributed by atoms with E-state index in [1.807, 2.05) is 0 Å². The summed E-state index contributed by atoms with van der Waals surface area (Å²) in [6.07, 6.45) is 0. The summed E-state index contributed by atoms with van der Waals surface area (Å²) in [6.45, 7) is -3.00. The molecule has 134 valence electrons. The quantitative estimate of drug-likeness (QED) is 0.335. The fourth-order valence-corrected chi connectivity index (χ4v) is 1.45. The molecule has 0 spiro atoms. The molecule has 24 heavy (non-hydrogen) atoms. The van der Waals surface area contributed by atoms with Crippen molar-refractivity contribution >= 4 is 83.0 Å². The first kappa shape index (κ1) is 34.9. The molecule has 5 N–H and O–H groups in total. The van der Waals surface area contributed by atoms with Gasteiger partial charge in [0.15, 0.2) is 0 Å². The van der Waals surface area contributed by atoms with Crippen molar-refractivity contribution < 1.29 is 54.8 Å². The predicted octanol–water partition coefficient (Wildman–Crippen LogP) is -8.68. The molecular weight excluding hydrogens is 354 g/mol. The average Bonchev–Trinajstić information content (AvgIpc) is 2.22. The summed E-state index contributed by atoms with van der Waals surface area (Å²) in [5.41, 5.74) is 0. The summed E-state index contributed by atoms with van der Waals surface area (Å²) < 4.78 is 0. The van der Waals surface area contributed by atoms with Gasteiger partial charge >= 0.3 is 69.4 Å². The van der Waals surface area contributed by atoms with Crippen LogP contribution in [0.5, 0.6) is 0 Å². The van der Waals surface area contributed by atoms with Gasteiger partial charge in [-0.2, -0.15) is 0 Å². The second-order valence-electron chi connectivity index (χ2n) is 3.93. The Morgan fingerprint density at radius 1 is 0.708 bits per heavy atom. The summed E-state index contributed by atoms with van der Waals surface area (Å²) in [6, 6.07) is 0. The average molecular weight is 376 g/mol. The second kappa shape index (κ2) is 19.1. The maximum atomic E-state index is 10.5. The summed E-state index contributed by atoms with van der Waals surface area (Å²) in [4.78, 5) is 43.7. The number of aliphatic carboxylic acids is 4. The van der Waals surface area contributed by atoms with Gasteiger partial charge < -0.3 is 45.8 Å². The molecule has 0 aromatic carbocycles.